The summed E-state index contributed by atoms with van der Waals surface area (Å²) in [6.07, 6.45) is 3.95. The first-order valence-electron chi connectivity index (χ1n) is 8.47. The summed E-state index contributed by atoms with van der Waals surface area (Å²) >= 11 is 0. The summed E-state index contributed by atoms with van der Waals surface area (Å²) in [5.74, 6) is 0.400. The highest BCUT2D eigenvalue weighted by Crippen LogP contribution is 2.37. The van der Waals surface area contributed by atoms with E-state index in [4.69, 9.17) is 4.74 Å². The number of sulfonamides is 1. The number of fused-ring (bicyclic) bond motifs is 1. The van der Waals surface area contributed by atoms with Crippen molar-refractivity contribution in [3.05, 3.63) is 17.7 Å². The molecule has 0 radical (unpaired) electrons. The van der Waals surface area contributed by atoms with Crippen molar-refractivity contribution >= 4 is 21.6 Å². The first kappa shape index (κ1) is 17.2. The predicted molar refractivity (Wildman–Crippen MR) is 91.9 cm³/mol. The molecular weight excluding hydrogens is 328 g/mol. The summed E-state index contributed by atoms with van der Waals surface area (Å²) in [6, 6.07) is 3.33. The average Bonchev–Trinajstić information content (AvgIpc) is 2.83. The van der Waals surface area contributed by atoms with Crippen LogP contribution in [0.15, 0.2) is 17.0 Å². The van der Waals surface area contributed by atoms with E-state index < -0.39 is 10.0 Å². The average molecular weight is 352 g/mol. The van der Waals surface area contributed by atoms with Crippen LogP contribution in [0.2, 0.25) is 0 Å². The van der Waals surface area contributed by atoms with E-state index >= 15 is 0 Å². The summed E-state index contributed by atoms with van der Waals surface area (Å²) in [6.45, 7) is 5.28. The molecule has 1 aromatic carbocycles. The Bertz CT molecular complexity index is 737. The fourth-order valence-corrected chi connectivity index (χ4v) is 5.11. The monoisotopic (exact) mass is 352 g/mol. The highest BCUT2D eigenvalue weighted by Gasteiger charge is 2.30. The van der Waals surface area contributed by atoms with Crippen molar-refractivity contribution in [3.63, 3.8) is 0 Å². The van der Waals surface area contributed by atoms with Crippen LogP contribution in [0.25, 0.3) is 0 Å². The Labute approximate surface area is 143 Å². The van der Waals surface area contributed by atoms with Crippen LogP contribution in [-0.2, 0) is 14.8 Å². The van der Waals surface area contributed by atoms with E-state index in [0.717, 1.165) is 25.7 Å². The second-order valence-electron chi connectivity index (χ2n) is 6.42. The van der Waals surface area contributed by atoms with Gasteiger partial charge in [0.1, 0.15) is 12.4 Å². The third-order valence-corrected chi connectivity index (χ3v) is 6.72. The van der Waals surface area contributed by atoms with E-state index in [1.165, 1.54) is 6.92 Å². The number of hydrogen-bond donors (Lipinski definition) is 0. The number of ether oxygens (including phenoxy) is 1. The van der Waals surface area contributed by atoms with E-state index in [9.17, 15) is 13.2 Å². The third kappa shape index (κ3) is 3.15. The fraction of sp³-hybridized carbons (Fsp3) is 0.588. The lowest BCUT2D eigenvalue weighted by Crippen LogP contribution is -2.37. The number of carbonyl (C=O) groups excluding carboxylic acids is 1. The Morgan fingerprint density at radius 2 is 1.75 bits per heavy atom. The van der Waals surface area contributed by atoms with Gasteiger partial charge in [0, 0.05) is 26.1 Å². The second-order valence-corrected chi connectivity index (χ2v) is 8.33. The zero-order chi connectivity index (χ0) is 17.3. The Balaban J connectivity index is 2.01. The molecule has 132 valence electrons. The number of hydrogen-bond acceptors (Lipinski definition) is 4. The quantitative estimate of drug-likeness (QED) is 0.819. The maximum absolute atomic E-state index is 13.1. The maximum Gasteiger partial charge on any atom is 0.243 e. The minimum atomic E-state index is -3.54. The number of carbonyl (C=O) groups is 1. The van der Waals surface area contributed by atoms with Crippen LogP contribution >= 0.6 is 0 Å². The minimum Gasteiger partial charge on any atom is -0.489 e. The number of anilines is 1. The van der Waals surface area contributed by atoms with Gasteiger partial charge in [-0.15, -0.1) is 0 Å². The molecule has 0 saturated carbocycles. The van der Waals surface area contributed by atoms with Crippen molar-refractivity contribution in [1.82, 2.24) is 4.31 Å². The lowest BCUT2D eigenvalue weighted by Gasteiger charge is -2.30. The van der Waals surface area contributed by atoms with Gasteiger partial charge in [-0.05, 0) is 31.4 Å². The molecule has 3 rings (SSSR count). The Kier molecular flexibility index (Phi) is 4.83. The first-order chi connectivity index (χ1) is 11.4. The summed E-state index contributed by atoms with van der Waals surface area (Å²) in [5, 5.41) is 0. The SMILES string of the molecule is CC(=O)N1CCOc2cc(S(=O)(=O)N3CCCCCC3)c(C)cc21. The number of aryl methyl sites for hydroxylation is 1. The van der Waals surface area contributed by atoms with Crippen LogP contribution in [-0.4, -0.2) is 44.9 Å². The van der Waals surface area contributed by atoms with Crippen molar-refractivity contribution in [1.29, 1.82) is 0 Å². The molecule has 7 heteroatoms. The third-order valence-electron chi connectivity index (χ3n) is 4.68. The number of rotatable bonds is 2. The zero-order valence-electron chi connectivity index (χ0n) is 14.2. The van der Waals surface area contributed by atoms with E-state index in [0.29, 0.717) is 43.2 Å². The molecule has 1 aromatic rings. The molecular formula is C17H24N2O4S. The van der Waals surface area contributed by atoms with Gasteiger partial charge in [0.25, 0.3) is 0 Å². The lowest BCUT2D eigenvalue weighted by molar-refractivity contribution is -0.116. The summed E-state index contributed by atoms with van der Waals surface area (Å²) in [4.78, 5) is 13.7. The largest absolute Gasteiger partial charge is 0.489 e. The lowest BCUT2D eigenvalue weighted by atomic mass is 10.1. The fourth-order valence-electron chi connectivity index (χ4n) is 3.37. The molecule has 0 atom stereocenters. The van der Waals surface area contributed by atoms with Crippen LogP contribution in [0, 0.1) is 6.92 Å². The number of amides is 1. The van der Waals surface area contributed by atoms with Gasteiger partial charge in [0.2, 0.25) is 15.9 Å². The van der Waals surface area contributed by atoms with Crippen molar-refractivity contribution in [2.24, 2.45) is 0 Å². The van der Waals surface area contributed by atoms with Gasteiger partial charge in [0.05, 0.1) is 17.1 Å². The zero-order valence-corrected chi connectivity index (χ0v) is 15.1. The summed E-state index contributed by atoms with van der Waals surface area (Å²) < 4.78 is 33.3. The second kappa shape index (κ2) is 6.72. The van der Waals surface area contributed by atoms with Gasteiger partial charge in [0.15, 0.2) is 0 Å². The molecule has 2 aliphatic rings. The van der Waals surface area contributed by atoms with Crippen LogP contribution < -0.4 is 9.64 Å². The molecule has 0 aromatic heterocycles. The maximum atomic E-state index is 13.1. The molecule has 2 aliphatic heterocycles. The van der Waals surface area contributed by atoms with E-state index in [1.807, 2.05) is 0 Å². The predicted octanol–water partition coefficient (Wildman–Crippen LogP) is 2.31. The van der Waals surface area contributed by atoms with Gasteiger partial charge >= 0.3 is 0 Å². The molecule has 24 heavy (non-hydrogen) atoms. The summed E-state index contributed by atoms with van der Waals surface area (Å²) in [5.41, 5.74) is 1.30. The smallest absolute Gasteiger partial charge is 0.243 e. The molecule has 0 spiro atoms. The van der Waals surface area contributed by atoms with Crippen molar-refractivity contribution < 1.29 is 17.9 Å². The molecule has 0 bridgehead atoms. The van der Waals surface area contributed by atoms with Crippen LogP contribution in [0.5, 0.6) is 5.75 Å². The molecule has 1 fully saturated rings. The molecule has 1 amide bonds. The molecule has 2 heterocycles. The van der Waals surface area contributed by atoms with Crippen molar-refractivity contribution in [3.8, 4) is 5.75 Å². The van der Waals surface area contributed by atoms with Crippen molar-refractivity contribution in [2.75, 3.05) is 31.1 Å². The Morgan fingerprint density at radius 1 is 1.08 bits per heavy atom. The van der Waals surface area contributed by atoms with Gasteiger partial charge in [-0.25, -0.2) is 8.42 Å². The van der Waals surface area contributed by atoms with Gasteiger partial charge in [-0.1, -0.05) is 12.8 Å². The minimum absolute atomic E-state index is 0.0675. The van der Waals surface area contributed by atoms with Crippen LogP contribution in [0.1, 0.15) is 38.2 Å². The van der Waals surface area contributed by atoms with Crippen molar-refractivity contribution in [2.45, 2.75) is 44.4 Å². The van der Waals surface area contributed by atoms with Gasteiger partial charge < -0.3 is 9.64 Å². The van der Waals surface area contributed by atoms with E-state index in [2.05, 4.69) is 0 Å². The molecule has 0 aliphatic carbocycles. The van der Waals surface area contributed by atoms with Gasteiger partial charge in [-0.3, -0.25) is 4.79 Å². The topological polar surface area (TPSA) is 66.9 Å². The highest BCUT2D eigenvalue weighted by molar-refractivity contribution is 7.89. The standard InChI is InChI=1S/C17H24N2O4S/c1-13-11-15-16(23-10-9-19(15)14(2)20)12-17(13)24(21,22)18-7-5-3-4-6-8-18/h11-12H,3-10H2,1-2H3. The molecule has 0 N–H and O–H groups in total. The number of nitrogens with zero attached hydrogens (tertiary/aromatic N) is 2. The van der Waals surface area contributed by atoms with E-state index in [1.54, 1.807) is 28.3 Å². The Morgan fingerprint density at radius 3 is 2.38 bits per heavy atom. The highest BCUT2D eigenvalue weighted by atomic mass is 32.2. The number of benzene rings is 1. The van der Waals surface area contributed by atoms with Crippen LogP contribution in [0.4, 0.5) is 5.69 Å². The van der Waals surface area contributed by atoms with Crippen LogP contribution in [0.3, 0.4) is 0 Å². The van der Waals surface area contributed by atoms with Gasteiger partial charge in [-0.2, -0.15) is 4.31 Å². The Hall–Kier alpha value is -1.60. The normalized spacial score (nSPS) is 19.3. The first-order valence-corrected chi connectivity index (χ1v) is 9.91. The molecule has 1 saturated heterocycles. The molecule has 0 unspecified atom stereocenters. The molecule has 6 nitrogen and oxygen atoms in total. The summed E-state index contributed by atoms with van der Waals surface area (Å²) in [7, 11) is -3.54. The van der Waals surface area contributed by atoms with E-state index in [-0.39, 0.29) is 10.8 Å².